The predicted molar refractivity (Wildman–Crippen MR) is 80.6 cm³/mol. The van der Waals surface area contributed by atoms with Gasteiger partial charge in [-0.2, -0.15) is 5.10 Å². The summed E-state index contributed by atoms with van der Waals surface area (Å²) in [6.07, 6.45) is 6.62. The van der Waals surface area contributed by atoms with Gasteiger partial charge in [-0.25, -0.2) is 14.5 Å². The number of nitrogens with zero attached hydrogens (tertiary/aromatic N) is 4. The van der Waals surface area contributed by atoms with Crippen molar-refractivity contribution >= 4 is 16.4 Å². The molecule has 2 aromatic heterocycles. The van der Waals surface area contributed by atoms with Crippen molar-refractivity contribution in [3.8, 4) is 17.0 Å². The molecule has 1 unspecified atom stereocenters. The molecule has 2 heterocycles. The van der Waals surface area contributed by atoms with Gasteiger partial charge in [-0.3, -0.25) is 4.21 Å². The van der Waals surface area contributed by atoms with E-state index in [9.17, 15) is 4.21 Å². The lowest BCUT2D eigenvalue weighted by atomic mass is 10.1. The summed E-state index contributed by atoms with van der Waals surface area (Å²) in [5.41, 5.74) is 2.32. The van der Waals surface area contributed by atoms with Crippen molar-refractivity contribution in [3.05, 3.63) is 43.0 Å². The molecule has 0 radical (unpaired) electrons. The first-order valence-electron chi connectivity index (χ1n) is 6.41. The number of imidazole rings is 1. The van der Waals surface area contributed by atoms with Crippen LogP contribution in [0.4, 0.5) is 0 Å². The predicted octanol–water partition coefficient (Wildman–Crippen LogP) is 1.55. The molecular weight excluding hydrogens is 288 g/mol. The summed E-state index contributed by atoms with van der Waals surface area (Å²) in [6, 6.07) is 7.64. The average Bonchev–Trinajstić information content (AvgIpc) is 2.91. The van der Waals surface area contributed by atoms with Crippen LogP contribution in [0.25, 0.3) is 16.9 Å². The van der Waals surface area contributed by atoms with E-state index in [0.29, 0.717) is 18.0 Å². The first-order chi connectivity index (χ1) is 10.2. The maximum atomic E-state index is 11.1. The molecule has 0 amide bonds. The summed E-state index contributed by atoms with van der Waals surface area (Å²) >= 11 is 0. The topological polar surface area (TPSA) is 69.4 Å². The highest BCUT2D eigenvalue weighted by molar-refractivity contribution is 7.84. The molecule has 7 heteroatoms. The Hall–Kier alpha value is -2.28. The molecule has 0 aliphatic heterocycles. The van der Waals surface area contributed by atoms with Gasteiger partial charge in [-0.15, -0.1) is 0 Å². The van der Waals surface area contributed by atoms with Crippen LogP contribution in [0.1, 0.15) is 0 Å². The van der Waals surface area contributed by atoms with E-state index in [-0.39, 0.29) is 0 Å². The van der Waals surface area contributed by atoms with E-state index in [0.717, 1.165) is 17.0 Å². The first kappa shape index (κ1) is 13.7. The molecule has 0 bridgehead atoms. The van der Waals surface area contributed by atoms with Crippen molar-refractivity contribution in [2.45, 2.75) is 0 Å². The van der Waals surface area contributed by atoms with Crippen LogP contribution in [0.15, 0.2) is 43.0 Å². The second-order valence-corrected chi connectivity index (χ2v) is 6.01. The Labute approximate surface area is 124 Å². The molecular formula is C14H14N4O2S. The monoisotopic (exact) mass is 302 g/mol. The van der Waals surface area contributed by atoms with Crippen molar-refractivity contribution in [1.29, 1.82) is 0 Å². The lowest BCUT2D eigenvalue weighted by Crippen LogP contribution is -2.07. The Morgan fingerprint density at radius 2 is 2.19 bits per heavy atom. The van der Waals surface area contributed by atoms with Gasteiger partial charge in [-0.05, 0) is 12.1 Å². The summed E-state index contributed by atoms with van der Waals surface area (Å²) in [5.74, 6) is 1.23. The van der Waals surface area contributed by atoms with Crippen LogP contribution in [0.2, 0.25) is 0 Å². The van der Waals surface area contributed by atoms with Crippen LogP contribution in [-0.2, 0) is 10.8 Å². The van der Waals surface area contributed by atoms with Crippen molar-refractivity contribution in [2.24, 2.45) is 0 Å². The summed E-state index contributed by atoms with van der Waals surface area (Å²) in [6.45, 7) is 0.410. The molecule has 0 saturated carbocycles. The molecule has 0 N–H and O–H groups in total. The zero-order valence-corrected chi connectivity index (χ0v) is 12.3. The third-order valence-electron chi connectivity index (χ3n) is 2.94. The highest BCUT2D eigenvalue weighted by atomic mass is 32.2. The number of aromatic nitrogens is 4. The van der Waals surface area contributed by atoms with Crippen LogP contribution in [0.3, 0.4) is 0 Å². The van der Waals surface area contributed by atoms with Crippen molar-refractivity contribution < 1.29 is 8.95 Å². The average molecular weight is 302 g/mol. The van der Waals surface area contributed by atoms with Crippen molar-refractivity contribution in [2.75, 3.05) is 18.6 Å². The highest BCUT2D eigenvalue weighted by Gasteiger charge is 2.10. The number of hydrogen-bond acceptors (Lipinski definition) is 5. The SMILES string of the molecule is CS(=O)CCOc1ccccc1-c1cn2ncncc2n1. The summed E-state index contributed by atoms with van der Waals surface area (Å²) in [7, 11) is -0.866. The normalized spacial score (nSPS) is 12.4. The smallest absolute Gasteiger partial charge is 0.172 e. The van der Waals surface area contributed by atoms with E-state index < -0.39 is 10.8 Å². The van der Waals surface area contributed by atoms with Crippen molar-refractivity contribution in [3.63, 3.8) is 0 Å². The van der Waals surface area contributed by atoms with Gasteiger partial charge in [-0.1, -0.05) is 12.1 Å². The standard InChI is InChI=1S/C14H14N4O2S/c1-21(19)7-6-20-13-5-3-2-4-11(13)12-9-18-14(17-12)8-15-10-16-18/h2-5,8-10H,6-7H2,1H3. The van der Waals surface area contributed by atoms with Gasteiger partial charge in [0.1, 0.15) is 12.1 Å². The van der Waals surface area contributed by atoms with E-state index >= 15 is 0 Å². The maximum Gasteiger partial charge on any atom is 0.172 e. The summed E-state index contributed by atoms with van der Waals surface area (Å²) in [4.78, 5) is 8.44. The minimum atomic E-state index is -0.866. The van der Waals surface area contributed by atoms with Crippen LogP contribution in [-0.4, -0.2) is 42.4 Å². The van der Waals surface area contributed by atoms with Gasteiger partial charge < -0.3 is 4.74 Å². The number of para-hydroxylation sites is 1. The molecule has 1 atom stereocenters. The fraction of sp³-hybridized carbons (Fsp3) is 0.214. The molecule has 108 valence electrons. The molecule has 0 fully saturated rings. The molecule has 0 aliphatic carbocycles. The lowest BCUT2D eigenvalue weighted by molar-refractivity contribution is 0.344. The van der Waals surface area contributed by atoms with Gasteiger partial charge in [0.15, 0.2) is 5.65 Å². The Morgan fingerprint density at radius 1 is 1.33 bits per heavy atom. The highest BCUT2D eigenvalue weighted by Crippen LogP contribution is 2.28. The van der Waals surface area contributed by atoms with E-state index in [1.807, 2.05) is 30.5 Å². The van der Waals surface area contributed by atoms with Gasteiger partial charge in [0.05, 0.1) is 30.4 Å². The maximum absolute atomic E-state index is 11.1. The van der Waals surface area contributed by atoms with E-state index in [4.69, 9.17) is 4.74 Å². The van der Waals surface area contributed by atoms with Crippen LogP contribution in [0.5, 0.6) is 5.75 Å². The third kappa shape index (κ3) is 3.08. The Bertz CT molecular complexity index is 754. The van der Waals surface area contributed by atoms with E-state index in [1.54, 1.807) is 17.0 Å². The number of hydrogen-bond donors (Lipinski definition) is 0. The number of rotatable bonds is 5. The fourth-order valence-electron chi connectivity index (χ4n) is 1.95. The molecule has 3 rings (SSSR count). The van der Waals surface area contributed by atoms with Crippen LogP contribution >= 0.6 is 0 Å². The summed E-state index contributed by atoms with van der Waals surface area (Å²) in [5, 5.41) is 4.10. The summed E-state index contributed by atoms with van der Waals surface area (Å²) < 4.78 is 18.5. The largest absolute Gasteiger partial charge is 0.492 e. The Morgan fingerprint density at radius 3 is 3.00 bits per heavy atom. The van der Waals surface area contributed by atoms with Gasteiger partial charge in [0, 0.05) is 22.6 Å². The first-order valence-corrected chi connectivity index (χ1v) is 8.14. The van der Waals surface area contributed by atoms with Gasteiger partial charge in [0.2, 0.25) is 0 Å². The van der Waals surface area contributed by atoms with Crippen LogP contribution < -0.4 is 4.74 Å². The van der Waals surface area contributed by atoms with Crippen LogP contribution in [0, 0.1) is 0 Å². The van der Waals surface area contributed by atoms with E-state index in [1.165, 1.54) is 6.33 Å². The lowest BCUT2D eigenvalue weighted by Gasteiger charge is -2.09. The second-order valence-electron chi connectivity index (χ2n) is 4.46. The molecule has 6 nitrogen and oxygen atoms in total. The Balaban J connectivity index is 1.92. The zero-order chi connectivity index (χ0) is 14.7. The number of fused-ring (bicyclic) bond motifs is 1. The minimum absolute atomic E-state index is 0.410. The molecule has 0 aliphatic rings. The molecule has 0 spiro atoms. The molecule has 1 aromatic carbocycles. The third-order valence-corrected chi connectivity index (χ3v) is 3.68. The van der Waals surface area contributed by atoms with Gasteiger partial charge in [0.25, 0.3) is 0 Å². The quantitative estimate of drug-likeness (QED) is 0.715. The van der Waals surface area contributed by atoms with Gasteiger partial charge >= 0.3 is 0 Å². The molecule has 0 saturated heterocycles. The van der Waals surface area contributed by atoms with E-state index in [2.05, 4.69) is 15.1 Å². The number of ether oxygens (including phenoxy) is 1. The Kier molecular flexibility index (Phi) is 3.92. The zero-order valence-electron chi connectivity index (χ0n) is 11.5. The minimum Gasteiger partial charge on any atom is -0.492 e. The second kappa shape index (κ2) is 6.01. The van der Waals surface area contributed by atoms with Crippen molar-refractivity contribution in [1.82, 2.24) is 19.6 Å². The molecule has 21 heavy (non-hydrogen) atoms. The fourth-order valence-corrected chi connectivity index (χ4v) is 2.27. The molecule has 3 aromatic rings. The number of benzene rings is 1.